The second-order valence-corrected chi connectivity index (χ2v) is 5.22. The van der Waals surface area contributed by atoms with Crippen molar-refractivity contribution in [2.45, 2.75) is 25.9 Å². The van der Waals surface area contributed by atoms with Gasteiger partial charge in [0, 0.05) is 5.92 Å². The Morgan fingerprint density at radius 1 is 1.28 bits per heavy atom. The Kier molecular flexibility index (Phi) is 3.33. The van der Waals surface area contributed by atoms with Crippen LogP contribution >= 0.6 is 0 Å². The molecule has 1 aromatic carbocycles. The summed E-state index contributed by atoms with van der Waals surface area (Å²) in [5, 5.41) is 3.38. The molecule has 96 valence electrons. The Bertz CT molecular complexity index is 450. The lowest BCUT2D eigenvalue weighted by Crippen LogP contribution is -2.32. The second kappa shape index (κ2) is 5.11. The van der Waals surface area contributed by atoms with E-state index >= 15 is 0 Å². The number of hydrogen-bond donors (Lipinski definition) is 1. The van der Waals surface area contributed by atoms with Gasteiger partial charge in [-0.25, -0.2) is 0 Å². The quantitative estimate of drug-likeness (QED) is 0.867. The van der Waals surface area contributed by atoms with Gasteiger partial charge in [-0.2, -0.15) is 0 Å². The number of hydrogen-bond acceptors (Lipinski definition) is 3. The van der Waals surface area contributed by atoms with E-state index < -0.39 is 0 Å². The van der Waals surface area contributed by atoms with Crippen molar-refractivity contribution in [2.75, 3.05) is 19.6 Å². The van der Waals surface area contributed by atoms with E-state index in [9.17, 15) is 0 Å². The molecule has 3 nitrogen and oxygen atoms in total. The molecule has 1 unspecified atom stereocenters. The Morgan fingerprint density at radius 3 is 2.89 bits per heavy atom. The Hall–Kier alpha value is -1.35. The molecule has 2 aliphatic rings. The molecule has 2 aliphatic heterocycles. The molecule has 3 rings (SSSR count). The summed E-state index contributed by atoms with van der Waals surface area (Å²) in [6, 6.07) is 8.55. The lowest BCUT2D eigenvalue weighted by molar-refractivity contribution is 0.208. The van der Waals surface area contributed by atoms with Gasteiger partial charge < -0.3 is 10.1 Å². The molecule has 18 heavy (non-hydrogen) atoms. The molecular weight excluding hydrogens is 224 g/mol. The predicted octanol–water partition coefficient (Wildman–Crippen LogP) is 2.46. The van der Waals surface area contributed by atoms with Crippen LogP contribution in [-0.4, -0.2) is 25.5 Å². The zero-order valence-corrected chi connectivity index (χ0v) is 10.9. The molecule has 1 aromatic rings. The van der Waals surface area contributed by atoms with Crippen molar-refractivity contribution in [3.05, 3.63) is 35.4 Å². The van der Waals surface area contributed by atoms with Crippen molar-refractivity contribution < 1.29 is 4.74 Å². The topological polar surface area (TPSA) is 33.6 Å². The largest absolute Gasteiger partial charge is 0.471 e. The number of benzene rings is 1. The molecule has 0 saturated carbocycles. The van der Waals surface area contributed by atoms with Crippen LogP contribution in [0.5, 0.6) is 0 Å². The molecule has 0 aliphatic carbocycles. The second-order valence-electron chi connectivity index (χ2n) is 5.22. The van der Waals surface area contributed by atoms with Gasteiger partial charge in [0.15, 0.2) is 5.90 Å². The van der Waals surface area contributed by atoms with Gasteiger partial charge in [-0.1, -0.05) is 29.8 Å². The third kappa shape index (κ3) is 2.41. The van der Waals surface area contributed by atoms with Crippen LogP contribution in [-0.2, 0) is 4.74 Å². The normalized spacial score (nSPS) is 24.7. The van der Waals surface area contributed by atoms with E-state index in [1.54, 1.807) is 0 Å². The third-order valence-electron chi connectivity index (χ3n) is 3.78. The fourth-order valence-electron chi connectivity index (χ4n) is 2.73. The number of piperidine rings is 1. The van der Waals surface area contributed by atoms with Crippen LogP contribution < -0.4 is 5.32 Å². The lowest BCUT2D eigenvalue weighted by Gasteiger charge is -2.23. The fraction of sp³-hybridized carbons (Fsp3) is 0.533. The van der Waals surface area contributed by atoms with Crippen LogP contribution in [0, 0.1) is 12.8 Å². The maximum absolute atomic E-state index is 6.06. The first-order chi connectivity index (χ1) is 8.83. The van der Waals surface area contributed by atoms with Crippen molar-refractivity contribution in [3.8, 4) is 0 Å². The molecule has 1 saturated heterocycles. The number of nitrogens with zero attached hydrogens (tertiary/aromatic N) is 1. The molecule has 0 radical (unpaired) electrons. The minimum Gasteiger partial charge on any atom is -0.471 e. The summed E-state index contributed by atoms with van der Waals surface area (Å²) >= 11 is 0. The molecule has 1 fully saturated rings. The summed E-state index contributed by atoms with van der Waals surface area (Å²) < 4.78 is 6.06. The monoisotopic (exact) mass is 244 g/mol. The number of aryl methyl sites for hydroxylation is 1. The van der Waals surface area contributed by atoms with E-state index in [1.165, 1.54) is 11.1 Å². The number of rotatable bonds is 2. The highest BCUT2D eigenvalue weighted by Gasteiger charge is 2.28. The lowest BCUT2D eigenvalue weighted by atomic mass is 9.98. The highest BCUT2D eigenvalue weighted by atomic mass is 16.5. The van der Waals surface area contributed by atoms with Crippen molar-refractivity contribution in [1.29, 1.82) is 0 Å². The summed E-state index contributed by atoms with van der Waals surface area (Å²) in [4.78, 5) is 4.61. The van der Waals surface area contributed by atoms with E-state index in [2.05, 4.69) is 41.5 Å². The summed E-state index contributed by atoms with van der Waals surface area (Å²) in [5.41, 5.74) is 2.54. The molecule has 1 N–H and O–H groups in total. The molecule has 1 atom stereocenters. The van der Waals surface area contributed by atoms with Gasteiger partial charge in [0.1, 0.15) is 6.10 Å². The number of nitrogens with one attached hydrogen (secondary N) is 1. The summed E-state index contributed by atoms with van der Waals surface area (Å²) in [6.45, 7) is 5.07. The Labute approximate surface area is 108 Å². The van der Waals surface area contributed by atoms with E-state index in [0.29, 0.717) is 5.92 Å². The van der Waals surface area contributed by atoms with Crippen LogP contribution in [0.2, 0.25) is 0 Å². The maximum atomic E-state index is 6.06. The van der Waals surface area contributed by atoms with Crippen LogP contribution in [0.3, 0.4) is 0 Å². The van der Waals surface area contributed by atoms with Gasteiger partial charge >= 0.3 is 0 Å². The van der Waals surface area contributed by atoms with Gasteiger partial charge in [0.05, 0.1) is 6.54 Å². The van der Waals surface area contributed by atoms with Gasteiger partial charge in [-0.05, 0) is 38.4 Å². The SMILES string of the molecule is Cc1cccc(C2CN=C(C3CCNCC3)O2)c1. The molecule has 3 heteroatoms. The van der Waals surface area contributed by atoms with Gasteiger partial charge in [0.2, 0.25) is 0 Å². The predicted molar refractivity (Wildman–Crippen MR) is 72.9 cm³/mol. The molecule has 0 bridgehead atoms. The van der Waals surface area contributed by atoms with E-state index in [-0.39, 0.29) is 6.10 Å². The fourth-order valence-corrected chi connectivity index (χ4v) is 2.73. The number of ether oxygens (including phenoxy) is 1. The smallest absolute Gasteiger partial charge is 0.187 e. The van der Waals surface area contributed by atoms with Gasteiger partial charge in [-0.15, -0.1) is 0 Å². The standard InChI is InChI=1S/C15H20N2O/c1-11-3-2-4-13(9-11)14-10-17-15(18-14)12-5-7-16-8-6-12/h2-4,9,12,14,16H,5-8,10H2,1H3. The Balaban J connectivity index is 1.66. The zero-order valence-electron chi connectivity index (χ0n) is 10.9. The minimum absolute atomic E-state index is 0.134. The zero-order chi connectivity index (χ0) is 12.4. The summed E-state index contributed by atoms with van der Waals surface area (Å²) in [6.07, 6.45) is 2.44. The average molecular weight is 244 g/mol. The first-order valence-corrected chi connectivity index (χ1v) is 6.81. The highest BCUT2D eigenvalue weighted by molar-refractivity contribution is 5.80. The highest BCUT2D eigenvalue weighted by Crippen LogP contribution is 2.28. The first-order valence-electron chi connectivity index (χ1n) is 6.81. The molecule has 2 heterocycles. The molecule has 0 amide bonds. The molecule has 0 spiro atoms. The van der Waals surface area contributed by atoms with Crippen molar-refractivity contribution in [2.24, 2.45) is 10.9 Å². The van der Waals surface area contributed by atoms with Gasteiger partial charge in [-0.3, -0.25) is 4.99 Å². The van der Waals surface area contributed by atoms with Gasteiger partial charge in [0.25, 0.3) is 0 Å². The van der Waals surface area contributed by atoms with E-state index in [0.717, 1.165) is 38.4 Å². The maximum Gasteiger partial charge on any atom is 0.187 e. The Morgan fingerprint density at radius 2 is 2.11 bits per heavy atom. The van der Waals surface area contributed by atoms with Crippen molar-refractivity contribution >= 4 is 5.90 Å². The summed E-state index contributed by atoms with van der Waals surface area (Å²) in [7, 11) is 0. The third-order valence-corrected chi connectivity index (χ3v) is 3.78. The minimum atomic E-state index is 0.134. The van der Waals surface area contributed by atoms with Crippen LogP contribution in [0.4, 0.5) is 0 Å². The van der Waals surface area contributed by atoms with Crippen molar-refractivity contribution in [3.63, 3.8) is 0 Å². The first kappa shape index (κ1) is 11.7. The van der Waals surface area contributed by atoms with E-state index in [1.807, 2.05) is 0 Å². The van der Waals surface area contributed by atoms with E-state index in [4.69, 9.17) is 4.74 Å². The van der Waals surface area contributed by atoms with Crippen LogP contribution in [0.25, 0.3) is 0 Å². The number of aliphatic imine (C=N–C) groups is 1. The van der Waals surface area contributed by atoms with Crippen LogP contribution in [0.1, 0.15) is 30.1 Å². The van der Waals surface area contributed by atoms with Crippen LogP contribution in [0.15, 0.2) is 29.3 Å². The van der Waals surface area contributed by atoms with Crippen molar-refractivity contribution in [1.82, 2.24) is 5.32 Å². The molecular formula is C15H20N2O. The molecule has 0 aromatic heterocycles. The average Bonchev–Trinajstić information content (AvgIpc) is 2.89. The summed E-state index contributed by atoms with van der Waals surface area (Å²) in [5.74, 6) is 1.52.